The van der Waals surface area contributed by atoms with Crippen molar-refractivity contribution < 1.29 is 32.6 Å². The molecule has 11 heteroatoms. The van der Waals surface area contributed by atoms with Gasteiger partial charge in [-0.05, 0) is 37.6 Å². The third kappa shape index (κ3) is 6.02. The third-order valence-corrected chi connectivity index (χ3v) is 5.83. The van der Waals surface area contributed by atoms with Crippen molar-refractivity contribution in [2.75, 3.05) is 51.9 Å². The van der Waals surface area contributed by atoms with Crippen LogP contribution in [0.1, 0.15) is 13.3 Å². The Labute approximate surface area is 175 Å². The van der Waals surface area contributed by atoms with Crippen LogP contribution in [0.4, 0.5) is 5.69 Å². The average Bonchev–Trinajstić information content (AvgIpc) is 3.03. The van der Waals surface area contributed by atoms with Crippen LogP contribution in [0.3, 0.4) is 0 Å². The summed E-state index contributed by atoms with van der Waals surface area (Å²) >= 11 is 0. The van der Waals surface area contributed by atoms with Crippen molar-refractivity contribution in [3.8, 4) is 0 Å². The molecule has 0 aliphatic carbocycles. The number of hydrogen-bond acceptors (Lipinski definition) is 8. The predicted octanol–water partition coefficient (Wildman–Crippen LogP) is 0.0650. The normalized spacial score (nSPS) is 14.4. The molecule has 0 bridgehead atoms. The van der Waals surface area contributed by atoms with Crippen LogP contribution >= 0.6 is 0 Å². The number of ether oxygens (including phenoxy) is 2. The first-order valence-electron chi connectivity index (χ1n) is 9.50. The van der Waals surface area contributed by atoms with Crippen molar-refractivity contribution >= 4 is 27.6 Å². The highest BCUT2D eigenvalue weighted by Crippen LogP contribution is 2.23. The molecule has 0 saturated heterocycles. The van der Waals surface area contributed by atoms with Gasteiger partial charge in [-0.15, -0.1) is 0 Å². The number of β-amino-alcohol motifs (C(OH)–C–C–N with tert-alkyl or cyclic N) is 1. The maximum atomic E-state index is 12.5. The summed E-state index contributed by atoms with van der Waals surface area (Å²) in [5.74, 6) is -1.10. The molecule has 0 fully saturated rings. The van der Waals surface area contributed by atoms with Crippen LogP contribution in [0.5, 0.6) is 0 Å². The Morgan fingerprint density at radius 3 is 2.57 bits per heavy atom. The highest BCUT2D eigenvalue weighted by Gasteiger charge is 2.34. The monoisotopic (exact) mass is 441 g/mol. The number of esters is 1. The lowest BCUT2D eigenvalue weighted by Crippen LogP contribution is -2.31. The Morgan fingerprint density at radius 1 is 1.27 bits per heavy atom. The first-order chi connectivity index (χ1) is 14.3. The fourth-order valence-corrected chi connectivity index (χ4v) is 3.89. The number of rotatable bonds is 12. The molecule has 1 amide bonds. The van der Waals surface area contributed by atoms with Crippen LogP contribution in [0, 0.1) is 0 Å². The first-order valence-corrected chi connectivity index (χ1v) is 11.0. The molecule has 0 atom stereocenters. The summed E-state index contributed by atoms with van der Waals surface area (Å²) in [5.41, 5.74) is 0.615. The van der Waals surface area contributed by atoms with Crippen molar-refractivity contribution in [3.05, 3.63) is 35.5 Å². The van der Waals surface area contributed by atoms with E-state index < -0.39 is 21.9 Å². The number of amides is 1. The summed E-state index contributed by atoms with van der Waals surface area (Å²) in [6.07, 6.45) is 0.559. The molecule has 0 saturated carbocycles. The van der Waals surface area contributed by atoms with Gasteiger partial charge >= 0.3 is 5.97 Å². The molecule has 0 unspecified atom stereocenters. The number of carbonyl (C=O) groups excluding carboxylic acids is 2. The summed E-state index contributed by atoms with van der Waals surface area (Å²) in [4.78, 5) is 25.9. The number of benzene rings is 1. The van der Waals surface area contributed by atoms with Crippen LogP contribution < -0.4 is 10.0 Å². The van der Waals surface area contributed by atoms with Gasteiger partial charge in [-0.2, -0.15) is 0 Å². The number of methoxy groups -OCH3 is 1. The van der Waals surface area contributed by atoms with Gasteiger partial charge in [0.25, 0.3) is 5.91 Å². The molecule has 0 radical (unpaired) electrons. The molecule has 0 spiro atoms. The number of anilines is 1. The molecule has 1 aliphatic heterocycles. The van der Waals surface area contributed by atoms with Crippen LogP contribution in [0.15, 0.2) is 40.4 Å². The van der Waals surface area contributed by atoms with Gasteiger partial charge in [0, 0.05) is 32.0 Å². The Bertz CT molecular complexity index is 882. The summed E-state index contributed by atoms with van der Waals surface area (Å²) in [6, 6.07) is 5.80. The molecule has 166 valence electrons. The number of aliphatic hydroxyl groups excluding tert-OH is 1. The first kappa shape index (κ1) is 23.8. The Hall–Kier alpha value is -2.47. The van der Waals surface area contributed by atoms with Crippen molar-refractivity contribution in [1.82, 2.24) is 9.62 Å². The van der Waals surface area contributed by atoms with Crippen molar-refractivity contribution in [3.63, 3.8) is 0 Å². The van der Waals surface area contributed by atoms with E-state index in [0.717, 1.165) is 0 Å². The van der Waals surface area contributed by atoms with Gasteiger partial charge in [-0.1, -0.05) is 0 Å². The lowest BCUT2D eigenvalue weighted by molar-refractivity contribution is -0.136. The highest BCUT2D eigenvalue weighted by atomic mass is 32.2. The summed E-state index contributed by atoms with van der Waals surface area (Å²) < 4.78 is 37.1. The van der Waals surface area contributed by atoms with Crippen molar-refractivity contribution in [1.29, 1.82) is 0 Å². The van der Waals surface area contributed by atoms with E-state index in [2.05, 4.69) is 10.0 Å². The molecule has 3 N–H and O–H groups in total. The van der Waals surface area contributed by atoms with E-state index in [9.17, 15) is 18.0 Å². The average molecular weight is 442 g/mol. The molecule has 1 aromatic carbocycles. The van der Waals surface area contributed by atoms with E-state index in [-0.39, 0.29) is 42.4 Å². The number of carbonyl (C=O) groups is 2. The van der Waals surface area contributed by atoms with Gasteiger partial charge in [-0.25, -0.2) is 17.9 Å². The van der Waals surface area contributed by atoms with E-state index in [4.69, 9.17) is 14.6 Å². The SMILES string of the molecule is CCOCCCNS(=O)(=O)c1ccc(NC2=C(C(=O)OC)CN(CCO)C2=O)cc1. The van der Waals surface area contributed by atoms with Crippen molar-refractivity contribution in [2.24, 2.45) is 0 Å². The third-order valence-electron chi connectivity index (χ3n) is 4.35. The second kappa shape index (κ2) is 11.1. The second-order valence-corrected chi connectivity index (χ2v) is 8.16. The molecule has 0 aromatic heterocycles. The van der Waals surface area contributed by atoms with E-state index in [1.54, 1.807) is 0 Å². The van der Waals surface area contributed by atoms with Crippen LogP contribution in [-0.4, -0.2) is 76.9 Å². The molecule has 2 rings (SSSR count). The van der Waals surface area contributed by atoms with Gasteiger partial charge in [-0.3, -0.25) is 4.79 Å². The zero-order valence-electron chi connectivity index (χ0n) is 17.0. The van der Waals surface area contributed by atoms with Crippen molar-refractivity contribution in [2.45, 2.75) is 18.2 Å². The lowest BCUT2D eigenvalue weighted by Gasteiger charge is -2.15. The van der Waals surface area contributed by atoms with E-state index in [0.29, 0.717) is 25.3 Å². The second-order valence-electron chi connectivity index (χ2n) is 6.39. The summed E-state index contributed by atoms with van der Waals surface area (Å²) in [6.45, 7) is 3.04. The summed E-state index contributed by atoms with van der Waals surface area (Å²) in [5, 5.41) is 12.0. The number of hydrogen-bond donors (Lipinski definition) is 3. The predicted molar refractivity (Wildman–Crippen MR) is 109 cm³/mol. The van der Waals surface area contributed by atoms with Crippen LogP contribution in [0.2, 0.25) is 0 Å². The van der Waals surface area contributed by atoms with Gasteiger partial charge in [0.05, 0.1) is 30.7 Å². The lowest BCUT2D eigenvalue weighted by atomic mass is 10.2. The minimum atomic E-state index is -3.67. The van der Waals surface area contributed by atoms with Crippen LogP contribution in [-0.2, 0) is 29.1 Å². The standard InChI is InChI=1S/C19H27N3O7S/c1-3-29-12-4-9-20-30(26,27)15-7-5-14(6-8-15)21-17-16(19(25)28-2)13-22(10-11-23)18(17)24/h5-8,20-21,23H,3-4,9-13H2,1-2H3. The fraction of sp³-hybridized carbons (Fsp3) is 0.474. The zero-order valence-corrected chi connectivity index (χ0v) is 17.8. The quantitative estimate of drug-likeness (QED) is 0.306. The van der Waals surface area contributed by atoms with Gasteiger partial charge in [0.1, 0.15) is 5.70 Å². The number of aliphatic hydroxyl groups is 1. The minimum absolute atomic E-state index is 0.0204. The molecule has 10 nitrogen and oxygen atoms in total. The molecular formula is C19H27N3O7S. The number of sulfonamides is 1. The largest absolute Gasteiger partial charge is 0.466 e. The molecule has 1 aromatic rings. The number of nitrogens with one attached hydrogen (secondary N) is 2. The molecular weight excluding hydrogens is 414 g/mol. The Morgan fingerprint density at radius 2 is 1.97 bits per heavy atom. The number of nitrogens with zero attached hydrogens (tertiary/aromatic N) is 1. The van der Waals surface area contributed by atoms with Gasteiger partial charge in [0.15, 0.2) is 0 Å². The van der Waals surface area contributed by atoms with E-state index in [1.165, 1.54) is 36.3 Å². The van der Waals surface area contributed by atoms with Gasteiger partial charge < -0.3 is 24.8 Å². The topological polar surface area (TPSA) is 134 Å². The van der Waals surface area contributed by atoms with Gasteiger partial charge in [0.2, 0.25) is 10.0 Å². The molecule has 1 heterocycles. The Kier molecular flexibility index (Phi) is 8.78. The van der Waals surface area contributed by atoms with E-state index >= 15 is 0 Å². The summed E-state index contributed by atoms with van der Waals surface area (Å²) in [7, 11) is -2.45. The highest BCUT2D eigenvalue weighted by molar-refractivity contribution is 7.89. The molecule has 1 aliphatic rings. The maximum absolute atomic E-state index is 12.5. The van der Waals surface area contributed by atoms with Crippen LogP contribution in [0.25, 0.3) is 0 Å². The Balaban J connectivity index is 2.10. The maximum Gasteiger partial charge on any atom is 0.337 e. The smallest absolute Gasteiger partial charge is 0.337 e. The zero-order chi connectivity index (χ0) is 22.1. The van der Waals surface area contributed by atoms with E-state index in [1.807, 2.05) is 6.92 Å². The minimum Gasteiger partial charge on any atom is -0.466 e. The molecule has 30 heavy (non-hydrogen) atoms. The fourth-order valence-electron chi connectivity index (χ4n) is 2.82.